The van der Waals surface area contributed by atoms with Crippen molar-refractivity contribution in [1.29, 1.82) is 0 Å². The first-order valence-corrected chi connectivity index (χ1v) is 4.45. The fraction of sp³-hybridized carbons (Fsp3) is 1.00. The van der Waals surface area contributed by atoms with Gasteiger partial charge in [0.05, 0.1) is 12.7 Å². The lowest BCUT2D eigenvalue weighted by Crippen LogP contribution is -2.35. The third-order valence-electron chi connectivity index (χ3n) is 1.63. The molecule has 0 aromatic heterocycles. The van der Waals surface area contributed by atoms with Gasteiger partial charge in [-0.05, 0) is 13.5 Å². The number of alkyl halides is 3. The van der Waals surface area contributed by atoms with E-state index in [-0.39, 0.29) is 13.2 Å². The first-order chi connectivity index (χ1) is 6.38. The van der Waals surface area contributed by atoms with Crippen LogP contribution in [-0.2, 0) is 4.74 Å². The number of nitrogens with one attached hydrogen (secondary N) is 1. The van der Waals surface area contributed by atoms with E-state index < -0.39 is 18.4 Å². The number of hydrogen-bond donors (Lipinski definition) is 2. The van der Waals surface area contributed by atoms with Crippen LogP contribution in [0.3, 0.4) is 0 Å². The molecule has 6 heteroatoms. The minimum Gasteiger partial charge on any atom is -0.389 e. The molecule has 2 unspecified atom stereocenters. The summed E-state index contributed by atoms with van der Waals surface area (Å²) in [6.07, 6.45) is -7.10. The van der Waals surface area contributed by atoms with Crippen LogP contribution in [0.2, 0.25) is 0 Å². The highest BCUT2D eigenvalue weighted by molar-refractivity contribution is 4.63. The number of rotatable bonds is 6. The Morgan fingerprint density at radius 2 is 2.00 bits per heavy atom. The van der Waals surface area contributed by atoms with E-state index in [2.05, 4.69) is 10.1 Å². The first-order valence-electron chi connectivity index (χ1n) is 4.45. The lowest BCUT2D eigenvalue weighted by Gasteiger charge is -2.18. The summed E-state index contributed by atoms with van der Waals surface area (Å²) >= 11 is 0. The van der Waals surface area contributed by atoms with Crippen LogP contribution < -0.4 is 5.32 Å². The predicted molar refractivity (Wildman–Crippen MR) is 46.0 cm³/mol. The van der Waals surface area contributed by atoms with Gasteiger partial charge >= 0.3 is 6.18 Å². The molecule has 0 aliphatic rings. The third-order valence-corrected chi connectivity index (χ3v) is 1.63. The normalized spacial score (nSPS) is 16.7. The van der Waals surface area contributed by atoms with E-state index in [1.807, 2.05) is 6.92 Å². The third kappa shape index (κ3) is 6.17. The quantitative estimate of drug-likeness (QED) is 0.692. The van der Waals surface area contributed by atoms with E-state index in [1.54, 1.807) is 0 Å². The molecule has 0 bridgehead atoms. The smallest absolute Gasteiger partial charge is 0.389 e. The van der Waals surface area contributed by atoms with Crippen molar-refractivity contribution in [2.24, 2.45) is 0 Å². The zero-order valence-corrected chi connectivity index (χ0v) is 8.27. The highest BCUT2D eigenvalue weighted by atomic mass is 19.4. The van der Waals surface area contributed by atoms with Crippen molar-refractivity contribution in [3.8, 4) is 0 Å². The minimum absolute atomic E-state index is 0.237. The average Bonchev–Trinajstić information content (AvgIpc) is 2.09. The van der Waals surface area contributed by atoms with E-state index in [1.165, 1.54) is 0 Å². The Morgan fingerprint density at radius 3 is 2.43 bits per heavy atom. The molecule has 0 spiro atoms. The number of likely N-dealkylation sites (N-methyl/N-ethyl adjacent to an activating group) is 1. The lowest BCUT2D eigenvalue weighted by molar-refractivity contribution is -0.219. The number of ether oxygens (including phenoxy) is 1. The van der Waals surface area contributed by atoms with E-state index in [0.29, 0.717) is 6.54 Å². The van der Waals surface area contributed by atoms with E-state index in [4.69, 9.17) is 5.11 Å². The van der Waals surface area contributed by atoms with Crippen LogP contribution in [0.4, 0.5) is 13.2 Å². The Labute approximate surface area is 81.2 Å². The van der Waals surface area contributed by atoms with Crippen LogP contribution in [0.1, 0.15) is 13.8 Å². The molecule has 0 rings (SSSR count). The Morgan fingerprint density at radius 1 is 1.43 bits per heavy atom. The number of aliphatic hydroxyl groups is 1. The molecule has 0 radical (unpaired) electrons. The van der Waals surface area contributed by atoms with Crippen LogP contribution >= 0.6 is 0 Å². The van der Waals surface area contributed by atoms with Crippen LogP contribution in [0.5, 0.6) is 0 Å². The van der Waals surface area contributed by atoms with E-state index in [9.17, 15) is 13.2 Å². The molecule has 2 atom stereocenters. The Kier molecular flexibility index (Phi) is 6.06. The largest absolute Gasteiger partial charge is 0.414 e. The number of aliphatic hydroxyl groups excluding tert-OH is 1. The van der Waals surface area contributed by atoms with Crippen LogP contribution in [0.25, 0.3) is 0 Å². The van der Waals surface area contributed by atoms with Crippen LogP contribution in [-0.4, -0.2) is 43.2 Å². The molecule has 0 saturated carbocycles. The summed E-state index contributed by atoms with van der Waals surface area (Å²) in [7, 11) is 0. The molecular formula is C8H16F3NO2. The maximum absolute atomic E-state index is 11.9. The first kappa shape index (κ1) is 13.7. The molecule has 2 N–H and O–H groups in total. The molecular weight excluding hydrogens is 199 g/mol. The van der Waals surface area contributed by atoms with E-state index in [0.717, 1.165) is 6.92 Å². The Hall–Kier alpha value is -0.330. The monoisotopic (exact) mass is 215 g/mol. The highest BCUT2D eigenvalue weighted by Gasteiger charge is 2.37. The summed E-state index contributed by atoms with van der Waals surface area (Å²) in [4.78, 5) is 0. The molecule has 0 heterocycles. The fourth-order valence-corrected chi connectivity index (χ4v) is 0.720. The molecule has 0 saturated heterocycles. The van der Waals surface area contributed by atoms with Crippen LogP contribution in [0, 0.1) is 0 Å². The zero-order valence-electron chi connectivity index (χ0n) is 8.27. The summed E-state index contributed by atoms with van der Waals surface area (Å²) in [6, 6.07) is 0. The molecule has 86 valence electrons. The summed E-state index contributed by atoms with van der Waals surface area (Å²) in [6.45, 7) is 3.34. The number of hydrogen-bond acceptors (Lipinski definition) is 3. The maximum Gasteiger partial charge on any atom is 0.414 e. The topological polar surface area (TPSA) is 41.5 Å². The van der Waals surface area contributed by atoms with Gasteiger partial charge < -0.3 is 15.2 Å². The van der Waals surface area contributed by atoms with Crippen LogP contribution in [0.15, 0.2) is 0 Å². The molecule has 3 nitrogen and oxygen atoms in total. The summed E-state index contributed by atoms with van der Waals surface area (Å²) in [5, 5.41) is 11.9. The number of halogens is 3. The van der Waals surface area contributed by atoms with Gasteiger partial charge in [-0.15, -0.1) is 0 Å². The predicted octanol–water partition coefficient (Wildman–Crippen LogP) is 0.924. The van der Waals surface area contributed by atoms with E-state index >= 15 is 0 Å². The van der Waals surface area contributed by atoms with Gasteiger partial charge in [0.25, 0.3) is 0 Å². The van der Waals surface area contributed by atoms with Gasteiger partial charge in [0, 0.05) is 6.54 Å². The maximum atomic E-state index is 11.9. The fourth-order valence-electron chi connectivity index (χ4n) is 0.720. The summed E-state index contributed by atoms with van der Waals surface area (Å²) < 4.78 is 40.2. The van der Waals surface area contributed by atoms with Crippen molar-refractivity contribution in [2.45, 2.75) is 32.2 Å². The SMILES string of the molecule is CCNCC(O)COC(C)C(F)(F)F. The zero-order chi connectivity index (χ0) is 11.2. The summed E-state index contributed by atoms with van der Waals surface area (Å²) in [5.74, 6) is 0. The van der Waals surface area contributed by atoms with Gasteiger partial charge in [-0.25, -0.2) is 0 Å². The second-order valence-electron chi connectivity index (χ2n) is 2.98. The minimum atomic E-state index is -4.36. The Balaban J connectivity index is 3.61. The molecule has 14 heavy (non-hydrogen) atoms. The van der Waals surface area contributed by atoms with Gasteiger partial charge in [0.2, 0.25) is 0 Å². The second kappa shape index (κ2) is 6.21. The van der Waals surface area contributed by atoms with Crippen molar-refractivity contribution in [3.05, 3.63) is 0 Å². The van der Waals surface area contributed by atoms with Crippen molar-refractivity contribution in [1.82, 2.24) is 5.32 Å². The summed E-state index contributed by atoms with van der Waals surface area (Å²) in [5.41, 5.74) is 0. The van der Waals surface area contributed by atoms with Crippen molar-refractivity contribution in [3.63, 3.8) is 0 Å². The van der Waals surface area contributed by atoms with Gasteiger partial charge in [-0.2, -0.15) is 13.2 Å². The Bertz CT molecular complexity index is 152. The standard InChI is InChI=1S/C8H16F3NO2/c1-3-12-4-7(13)5-14-6(2)8(9,10)11/h6-7,12-13H,3-5H2,1-2H3. The van der Waals surface area contributed by atoms with Gasteiger partial charge in [0.1, 0.15) is 0 Å². The van der Waals surface area contributed by atoms with Crippen molar-refractivity contribution < 1.29 is 23.0 Å². The molecule has 0 amide bonds. The molecule has 0 fully saturated rings. The second-order valence-corrected chi connectivity index (χ2v) is 2.98. The molecule has 0 aromatic rings. The van der Waals surface area contributed by atoms with Crippen molar-refractivity contribution in [2.75, 3.05) is 19.7 Å². The average molecular weight is 215 g/mol. The lowest BCUT2D eigenvalue weighted by atomic mass is 10.3. The van der Waals surface area contributed by atoms with Gasteiger partial charge in [0.15, 0.2) is 6.10 Å². The molecule has 0 aliphatic carbocycles. The highest BCUT2D eigenvalue weighted by Crippen LogP contribution is 2.22. The molecule has 0 aromatic carbocycles. The molecule has 0 aliphatic heterocycles. The van der Waals surface area contributed by atoms with Crippen molar-refractivity contribution >= 4 is 0 Å². The van der Waals surface area contributed by atoms with Gasteiger partial charge in [-0.3, -0.25) is 0 Å². The van der Waals surface area contributed by atoms with Gasteiger partial charge in [-0.1, -0.05) is 6.92 Å².